The van der Waals surface area contributed by atoms with E-state index in [2.05, 4.69) is 4.90 Å². The molecule has 0 unspecified atom stereocenters. The van der Waals surface area contributed by atoms with Crippen LogP contribution in [0.15, 0.2) is 35.2 Å². The van der Waals surface area contributed by atoms with E-state index in [0.717, 1.165) is 13.1 Å². The van der Waals surface area contributed by atoms with Crippen LogP contribution < -0.4 is 0 Å². The molecule has 0 aliphatic carbocycles. The van der Waals surface area contributed by atoms with Crippen LogP contribution in [0.2, 0.25) is 0 Å². The molecule has 4 heteroatoms. The minimum absolute atomic E-state index is 0.193. The number of benzene rings is 1. The zero-order chi connectivity index (χ0) is 12.0. The zero-order valence-corrected chi connectivity index (χ0v) is 10.7. The Morgan fingerprint density at radius 1 is 1.06 bits per heavy atom. The van der Waals surface area contributed by atoms with Crippen molar-refractivity contribution < 1.29 is 8.42 Å². The summed E-state index contributed by atoms with van der Waals surface area (Å²) in [5.74, 6) is 0.193. The molecule has 90 valence electrons. The van der Waals surface area contributed by atoms with Crippen LogP contribution in [-0.4, -0.2) is 38.7 Å². The lowest BCUT2D eigenvalue weighted by molar-refractivity contribution is 0.321. The van der Waals surface area contributed by atoms with E-state index < -0.39 is 9.84 Å². The van der Waals surface area contributed by atoms with E-state index >= 15 is 0 Å². The van der Waals surface area contributed by atoms with Gasteiger partial charge in [0.2, 0.25) is 0 Å². The van der Waals surface area contributed by atoms with Gasteiger partial charge in [-0.05, 0) is 25.2 Å². The van der Waals surface area contributed by atoms with Crippen molar-refractivity contribution in [2.24, 2.45) is 0 Å². The third-order valence-electron chi connectivity index (χ3n) is 2.67. The average Bonchev–Trinajstić information content (AvgIpc) is 2.31. The van der Waals surface area contributed by atoms with Gasteiger partial charge in [-0.2, -0.15) is 0 Å². The van der Waals surface area contributed by atoms with E-state index in [-0.39, 0.29) is 5.75 Å². The highest BCUT2D eigenvalue weighted by Crippen LogP contribution is 2.10. The van der Waals surface area contributed by atoms with E-state index in [1.807, 2.05) is 19.9 Å². The predicted molar refractivity (Wildman–Crippen MR) is 66.3 cm³/mol. The van der Waals surface area contributed by atoms with Gasteiger partial charge in [0.05, 0.1) is 10.6 Å². The first-order valence-electron chi connectivity index (χ1n) is 5.60. The molecule has 0 radical (unpaired) electrons. The van der Waals surface area contributed by atoms with Crippen LogP contribution in [0.5, 0.6) is 0 Å². The second-order valence-electron chi connectivity index (χ2n) is 3.66. The van der Waals surface area contributed by atoms with E-state index in [4.69, 9.17) is 0 Å². The molecule has 0 atom stereocenters. The fourth-order valence-corrected chi connectivity index (χ4v) is 2.84. The molecule has 0 saturated heterocycles. The fraction of sp³-hybridized carbons (Fsp3) is 0.500. The van der Waals surface area contributed by atoms with Gasteiger partial charge < -0.3 is 4.90 Å². The highest BCUT2D eigenvalue weighted by Gasteiger charge is 2.14. The molecule has 0 spiro atoms. The summed E-state index contributed by atoms with van der Waals surface area (Å²) in [6.45, 7) is 6.46. The monoisotopic (exact) mass is 241 g/mol. The molecule has 1 aromatic rings. The van der Waals surface area contributed by atoms with Gasteiger partial charge in [0, 0.05) is 6.54 Å². The summed E-state index contributed by atoms with van der Waals surface area (Å²) < 4.78 is 23.9. The van der Waals surface area contributed by atoms with Crippen LogP contribution in [0.25, 0.3) is 0 Å². The van der Waals surface area contributed by atoms with Gasteiger partial charge in [0.15, 0.2) is 9.84 Å². The summed E-state index contributed by atoms with van der Waals surface area (Å²) in [5.41, 5.74) is 0. The molecule has 0 fully saturated rings. The minimum atomic E-state index is -3.12. The number of hydrogen-bond acceptors (Lipinski definition) is 3. The number of hydrogen-bond donors (Lipinski definition) is 0. The third kappa shape index (κ3) is 3.61. The molecule has 0 aromatic heterocycles. The van der Waals surface area contributed by atoms with Gasteiger partial charge in [-0.15, -0.1) is 0 Å². The zero-order valence-electron chi connectivity index (χ0n) is 9.89. The molecule has 0 bridgehead atoms. The molecule has 1 aromatic carbocycles. The average molecular weight is 241 g/mol. The van der Waals surface area contributed by atoms with Crippen LogP contribution in [0, 0.1) is 0 Å². The van der Waals surface area contributed by atoms with E-state index in [9.17, 15) is 8.42 Å². The standard InChI is InChI=1S/C12H19NO2S/c1-3-13(4-2)10-11-16(14,15)12-8-6-5-7-9-12/h5-9H,3-4,10-11H2,1-2H3. The van der Waals surface area contributed by atoms with Gasteiger partial charge in [-0.3, -0.25) is 0 Å². The van der Waals surface area contributed by atoms with Crippen LogP contribution in [0.4, 0.5) is 0 Å². The van der Waals surface area contributed by atoms with Crippen LogP contribution in [0.1, 0.15) is 13.8 Å². The van der Waals surface area contributed by atoms with Crippen molar-refractivity contribution in [3.63, 3.8) is 0 Å². The van der Waals surface area contributed by atoms with Crippen molar-refractivity contribution in [1.29, 1.82) is 0 Å². The quantitative estimate of drug-likeness (QED) is 0.762. The Morgan fingerprint density at radius 2 is 1.62 bits per heavy atom. The lowest BCUT2D eigenvalue weighted by Gasteiger charge is -2.17. The summed E-state index contributed by atoms with van der Waals surface area (Å²) in [5, 5.41) is 0. The molecule has 0 saturated carbocycles. The number of sulfone groups is 1. The molecule has 16 heavy (non-hydrogen) atoms. The van der Waals surface area contributed by atoms with E-state index in [1.165, 1.54) is 0 Å². The van der Waals surface area contributed by atoms with Gasteiger partial charge in [0.25, 0.3) is 0 Å². The normalized spacial score (nSPS) is 11.9. The Hall–Kier alpha value is -0.870. The summed E-state index contributed by atoms with van der Waals surface area (Å²) in [4.78, 5) is 2.53. The maximum atomic E-state index is 11.9. The third-order valence-corrected chi connectivity index (χ3v) is 4.38. The summed E-state index contributed by atoms with van der Waals surface area (Å²) >= 11 is 0. The first-order chi connectivity index (χ1) is 7.60. The molecule has 0 N–H and O–H groups in total. The lowest BCUT2D eigenvalue weighted by atomic mass is 10.4. The van der Waals surface area contributed by atoms with Gasteiger partial charge in [-0.1, -0.05) is 32.0 Å². The highest BCUT2D eigenvalue weighted by atomic mass is 32.2. The fourth-order valence-electron chi connectivity index (χ4n) is 1.53. The molecular formula is C12H19NO2S. The molecule has 0 amide bonds. The van der Waals surface area contributed by atoms with Crippen LogP contribution in [0.3, 0.4) is 0 Å². The van der Waals surface area contributed by atoms with Crippen molar-refractivity contribution >= 4 is 9.84 Å². The van der Waals surface area contributed by atoms with Crippen molar-refractivity contribution in [2.75, 3.05) is 25.4 Å². The summed E-state index contributed by atoms with van der Waals surface area (Å²) in [6.07, 6.45) is 0. The predicted octanol–water partition coefficient (Wildman–Crippen LogP) is 1.80. The molecule has 0 heterocycles. The maximum absolute atomic E-state index is 11.9. The molecule has 3 nitrogen and oxygen atoms in total. The maximum Gasteiger partial charge on any atom is 0.179 e. The Morgan fingerprint density at radius 3 is 2.12 bits per heavy atom. The van der Waals surface area contributed by atoms with Crippen molar-refractivity contribution in [2.45, 2.75) is 18.7 Å². The topological polar surface area (TPSA) is 37.4 Å². The van der Waals surface area contributed by atoms with Gasteiger partial charge in [-0.25, -0.2) is 8.42 Å². The Bertz CT molecular complexity index is 396. The molecule has 0 aliphatic rings. The van der Waals surface area contributed by atoms with Crippen molar-refractivity contribution in [3.8, 4) is 0 Å². The number of rotatable bonds is 6. The molecule has 0 aliphatic heterocycles. The van der Waals surface area contributed by atoms with Crippen LogP contribution >= 0.6 is 0 Å². The minimum Gasteiger partial charge on any atom is -0.303 e. The van der Waals surface area contributed by atoms with Crippen LogP contribution in [-0.2, 0) is 9.84 Å². The SMILES string of the molecule is CCN(CC)CCS(=O)(=O)c1ccccc1. The summed E-state index contributed by atoms with van der Waals surface area (Å²) in [6, 6.07) is 8.63. The first kappa shape index (κ1) is 13.2. The Kier molecular flexibility index (Phi) is 4.96. The largest absolute Gasteiger partial charge is 0.303 e. The second kappa shape index (κ2) is 6.01. The number of nitrogens with zero attached hydrogens (tertiary/aromatic N) is 1. The smallest absolute Gasteiger partial charge is 0.179 e. The summed E-state index contributed by atoms with van der Waals surface area (Å²) in [7, 11) is -3.12. The van der Waals surface area contributed by atoms with Crippen molar-refractivity contribution in [1.82, 2.24) is 4.90 Å². The van der Waals surface area contributed by atoms with Gasteiger partial charge in [0.1, 0.15) is 0 Å². The first-order valence-corrected chi connectivity index (χ1v) is 7.25. The highest BCUT2D eigenvalue weighted by molar-refractivity contribution is 7.91. The Labute approximate surface area is 98.0 Å². The van der Waals surface area contributed by atoms with Crippen molar-refractivity contribution in [3.05, 3.63) is 30.3 Å². The molecular weight excluding hydrogens is 222 g/mol. The molecule has 1 rings (SSSR count). The Balaban J connectivity index is 2.67. The lowest BCUT2D eigenvalue weighted by Crippen LogP contribution is -2.29. The van der Waals surface area contributed by atoms with Gasteiger partial charge >= 0.3 is 0 Å². The van der Waals surface area contributed by atoms with E-state index in [1.54, 1.807) is 24.3 Å². The van der Waals surface area contributed by atoms with E-state index in [0.29, 0.717) is 11.4 Å². The second-order valence-corrected chi connectivity index (χ2v) is 5.77.